The summed E-state index contributed by atoms with van der Waals surface area (Å²) in [7, 11) is 0. The molecule has 0 radical (unpaired) electrons. The van der Waals surface area contributed by atoms with Crippen LogP contribution in [0.1, 0.15) is 19.3 Å². The van der Waals surface area contributed by atoms with Gasteiger partial charge in [0.05, 0.1) is 0 Å². The molecule has 0 bridgehead atoms. The van der Waals surface area contributed by atoms with Crippen molar-refractivity contribution in [1.29, 1.82) is 0 Å². The van der Waals surface area contributed by atoms with Crippen LogP contribution in [0.15, 0.2) is 0 Å². The van der Waals surface area contributed by atoms with Crippen molar-refractivity contribution in [2.75, 3.05) is 19.6 Å². The summed E-state index contributed by atoms with van der Waals surface area (Å²) in [6.45, 7) is 2.23. The fourth-order valence-electron chi connectivity index (χ4n) is 1.36. The molecule has 0 aromatic rings. The van der Waals surface area contributed by atoms with Gasteiger partial charge in [-0.1, -0.05) is 0 Å². The van der Waals surface area contributed by atoms with Crippen molar-refractivity contribution in [1.82, 2.24) is 10.2 Å². The van der Waals surface area contributed by atoms with Gasteiger partial charge in [-0.15, -0.1) is 0 Å². The van der Waals surface area contributed by atoms with Gasteiger partial charge in [0, 0.05) is 26.1 Å². The van der Waals surface area contributed by atoms with Gasteiger partial charge < -0.3 is 10.2 Å². The van der Waals surface area contributed by atoms with Crippen molar-refractivity contribution in [2.24, 2.45) is 0 Å². The highest BCUT2D eigenvalue weighted by Gasteiger charge is 2.16. The largest absolute Gasteiger partial charge is 0.358 e. The Morgan fingerprint density at radius 1 is 1.42 bits per heavy atom. The number of nitrogens with zero attached hydrogens (tertiary/aromatic N) is 1. The number of amides is 2. The van der Waals surface area contributed by atoms with Crippen LogP contribution in [0.5, 0.6) is 0 Å². The summed E-state index contributed by atoms with van der Waals surface area (Å²) in [5.41, 5.74) is 0. The molecule has 2 amide bonds. The maximum absolute atomic E-state index is 11.3. The molecule has 0 atom stereocenters. The SMILES string of the molecule is O=CNCCC(=O)N1CCCC1. The van der Waals surface area contributed by atoms with Crippen LogP contribution in [0, 0.1) is 0 Å². The molecule has 1 rings (SSSR count). The van der Waals surface area contributed by atoms with Gasteiger partial charge >= 0.3 is 0 Å². The van der Waals surface area contributed by atoms with Gasteiger partial charge in [-0.25, -0.2) is 0 Å². The van der Waals surface area contributed by atoms with E-state index in [-0.39, 0.29) is 5.91 Å². The van der Waals surface area contributed by atoms with E-state index in [2.05, 4.69) is 5.32 Å². The van der Waals surface area contributed by atoms with E-state index >= 15 is 0 Å². The van der Waals surface area contributed by atoms with Crippen molar-refractivity contribution >= 4 is 12.3 Å². The van der Waals surface area contributed by atoms with Gasteiger partial charge in [0.1, 0.15) is 0 Å². The second kappa shape index (κ2) is 4.74. The zero-order chi connectivity index (χ0) is 8.81. The van der Waals surface area contributed by atoms with E-state index in [9.17, 15) is 9.59 Å². The third kappa shape index (κ3) is 2.53. The Morgan fingerprint density at radius 3 is 2.67 bits per heavy atom. The van der Waals surface area contributed by atoms with E-state index in [1.807, 2.05) is 4.90 Å². The van der Waals surface area contributed by atoms with E-state index in [0.717, 1.165) is 25.9 Å². The monoisotopic (exact) mass is 170 g/mol. The minimum Gasteiger partial charge on any atom is -0.358 e. The lowest BCUT2D eigenvalue weighted by Crippen LogP contribution is -2.30. The lowest BCUT2D eigenvalue weighted by Gasteiger charge is -2.14. The van der Waals surface area contributed by atoms with Crippen LogP contribution in [0.25, 0.3) is 0 Å². The molecule has 1 N–H and O–H groups in total. The van der Waals surface area contributed by atoms with E-state index < -0.39 is 0 Å². The van der Waals surface area contributed by atoms with Crippen LogP contribution >= 0.6 is 0 Å². The first kappa shape index (κ1) is 9.03. The van der Waals surface area contributed by atoms with Crippen molar-refractivity contribution in [2.45, 2.75) is 19.3 Å². The molecule has 0 aromatic heterocycles. The Morgan fingerprint density at radius 2 is 2.08 bits per heavy atom. The summed E-state index contributed by atoms with van der Waals surface area (Å²) >= 11 is 0. The Labute approximate surface area is 71.9 Å². The molecule has 1 heterocycles. The van der Waals surface area contributed by atoms with E-state index in [0.29, 0.717) is 19.4 Å². The summed E-state index contributed by atoms with van der Waals surface area (Å²) in [6, 6.07) is 0. The van der Waals surface area contributed by atoms with Crippen LogP contribution < -0.4 is 5.32 Å². The number of hydrogen-bond acceptors (Lipinski definition) is 2. The summed E-state index contributed by atoms with van der Waals surface area (Å²) in [6.07, 6.45) is 3.29. The molecule has 0 unspecified atom stereocenters. The van der Waals surface area contributed by atoms with Gasteiger partial charge in [-0.3, -0.25) is 9.59 Å². The molecule has 1 fully saturated rings. The molecule has 68 valence electrons. The van der Waals surface area contributed by atoms with Crippen LogP contribution in [-0.2, 0) is 9.59 Å². The summed E-state index contributed by atoms with van der Waals surface area (Å²) in [4.78, 5) is 23.0. The van der Waals surface area contributed by atoms with E-state index in [1.54, 1.807) is 0 Å². The number of carbonyl (C=O) groups is 2. The molecule has 0 spiro atoms. The molecule has 1 aliphatic heterocycles. The Balaban J connectivity index is 2.14. The van der Waals surface area contributed by atoms with Gasteiger partial charge in [0.15, 0.2) is 0 Å². The van der Waals surface area contributed by atoms with Crippen molar-refractivity contribution < 1.29 is 9.59 Å². The normalized spacial score (nSPS) is 16.2. The third-order valence-corrected chi connectivity index (χ3v) is 2.03. The highest BCUT2D eigenvalue weighted by atomic mass is 16.2. The average Bonchev–Trinajstić information content (AvgIpc) is 2.56. The Hall–Kier alpha value is -1.06. The van der Waals surface area contributed by atoms with Crippen LogP contribution in [-0.4, -0.2) is 36.9 Å². The predicted octanol–water partition coefficient (Wildman–Crippen LogP) is -0.255. The average molecular weight is 170 g/mol. The van der Waals surface area contributed by atoms with Gasteiger partial charge in [0.25, 0.3) is 0 Å². The van der Waals surface area contributed by atoms with E-state index in [1.165, 1.54) is 0 Å². The lowest BCUT2D eigenvalue weighted by molar-refractivity contribution is -0.130. The summed E-state index contributed by atoms with van der Waals surface area (Å²) in [5, 5.41) is 2.47. The molecule has 4 nitrogen and oxygen atoms in total. The summed E-state index contributed by atoms with van der Waals surface area (Å²) < 4.78 is 0. The van der Waals surface area contributed by atoms with Gasteiger partial charge in [-0.2, -0.15) is 0 Å². The molecular weight excluding hydrogens is 156 g/mol. The zero-order valence-corrected chi connectivity index (χ0v) is 7.08. The maximum atomic E-state index is 11.3. The first-order chi connectivity index (χ1) is 5.84. The lowest BCUT2D eigenvalue weighted by atomic mass is 10.3. The Kier molecular flexibility index (Phi) is 3.57. The molecule has 4 heteroatoms. The number of rotatable bonds is 4. The Bertz CT molecular complexity index is 164. The number of hydrogen-bond donors (Lipinski definition) is 1. The third-order valence-electron chi connectivity index (χ3n) is 2.03. The minimum absolute atomic E-state index is 0.154. The fraction of sp³-hybridized carbons (Fsp3) is 0.750. The number of carbonyl (C=O) groups excluding carboxylic acids is 2. The van der Waals surface area contributed by atoms with Crippen LogP contribution in [0.3, 0.4) is 0 Å². The van der Waals surface area contributed by atoms with Crippen LogP contribution in [0.2, 0.25) is 0 Å². The minimum atomic E-state index is 0.154. The molecule has 1 saturated heterocycles. The van der Waals surface area contributed by atoms with Crippen LogP contribution in [0.4, 0.5) is 0 Å². The molecule has 0 aromatic carbocycles. The molecular formula is C8H14N2O2. The second-order valence-electron chi connectivity index (χ2n) is 2.91. The zero-order valence-electron chi connectivity index (χ0n) is 7.08. The highest BCUT2D eigenvalue weighted by Crippen LogP contribution is 2.08. The second-order valence-corrected chi connectivity index (χ2v) is 2.91. The van der Waals surface area contributed by atoms with Gasteiger partial charge in [-0.05, 0) is 12.8 Å². The standard InChI is InChI=1S/C8H14N2O2/c11-7-9-4-3-8(12)10-5-1-2-6-10/h7H,1-6H2,(H,9,11). The van der Waals surface area contributed by atoms with Crippen molar-refractivity contribution in [3.63, 3.8) is 0 Å². The number of nitrogens with one attached hydrogen (secondary N) is 1. The maximum Gasteiger partial charge on any atom is 0.224 e. The first-order valence-electron chi connectivity index (χ1n) is 4.29. The molecule has 1 aliphatic rings. The predicted molar refractivity (Wildman–Crippen MR) is 44.5 cm³/mol. The molecule has 12 heavy (non-hydrogen) atoms. The van der Waals surface area contributed by atoms with Crippen molar-refractivity contribution in [3.8, 4) is 0 Å². The highest BCUT2D eigenvalue weighted by molar-refractivity contribution is 5.76. The fourth-order valence-corrected chi connectivity index (χ4v) is 1.36. The smallest absolute Gasteiger partial charge is 0.224 e. The quantitative estimate of drug-likeness (QED) is 0.467. The van der Waals surface area contributed by atoms with Gasteiger partial charge in [0.2, 0.25) is 12.3 Å². The van der Waals surface area contributed by atoms with E-state index in [4.69, 9.17) is 0 Å². The topological polar surface area (TPSA) is 49.4 Å². The van der Waals surface area contributed by atoms with Crippen molar-refractivity contribution in [3.05, 3.63) is 0 Å². The first-order valence-corrected chi connectivity index (χ1v) is 4.29. The molecule has 0 saturated carbocycles. The summed E-state index contributed by atoms with van der Waals surface area (Å²) in [5.74, 6) is 0.154. The molecule has 0 aliphatic carbocycles. The number of likely N-dealkylation sites (tertiary alicyclic amines) is 1.